The van der Waals surface area contributed by atoms with Crippen molar-refractivity contribution in [2.75, 3.05) is 18.2 Å². The smallest absolute Gasteiger partial charge is 0.261 e. The number of carbonyl (C=O) groups excluding carboxylic acids is 1. The van der Waals surface area contributed by atoms with E-state index in [4.69, 9.17) is 16.9 Å². The van der Waals surface area contributed by atoms with Gasteiger partial charge in [0.05, 0.1) is 7.11 Å². The lowest BCUT2D eigenvalue weighted by Crippen LogP contribution is -2.15. The van der Waals surface area contributed by atoms with Gasteiger partial charge in [-0.25, -0.2) is 0 Å². The molecule has 2 rings (SSSR count). The average molecular weight is 266 g/mol. The van der Waals surface area contributed by atoms with Crippen molar-refractivity contribution >= 4 is 17.3 Å². The van der Waals surface area contributed by atoms with Gasteiger partial charge < -0.3 is 15.8 Å². The maximum absolute atomic E-state index is 12.3. The number of amides is 1. The highest BCUT2D eigenvalue weighted by Gasteiger charge is 2.15. The third-order valence-corrected chi connectivity index (χ3v) is 2.79. The largest absolute Gasteiger partial charge is 0.496 e. The normalized spacial score (nSPS) is 9.60. The van der Waals surface area contributed by atoms with Crippen LogP contribution in [0.3, 0.4) is 0 Å². The molecule has 0 aliphatic carbocycles. The summed E-state index contributed by atoms with van der Waals surface area (Å²) in [5.74, 6) is 2.60. The molecule has 4 nitrogen and oxygen atoms in total. The van der Waals surface area contributed by atoms with Gasteiger partial charge in [-0.15, -0.1) is 6.42 Å². The molecule has 0 radical (unpaired) electrons. The van der Waals surface area contributed by atoms with Crippen LogP contribution in [0, 0.1) is 12.3 Å². The number of terminal acetylenes is 1. The second-order valence-corrected chi connectivity index (χ2v) is 4.10. The number of rotatable bonds is 3. The molecule has 0 aromatic heterocycles. The van der Waals surface area contributed by atoms with Gasteiger partial charge in [0.15, 0.2) is 0 Å². The minimum absolute atomic E-state index is 0.307. The first-order valence-corrected chi connectivity index (χ1v) is 5.96. The van der Waals surface area contributed by atoms with Crippen molar-refractivity contribution in [1.29, 1.82) is 0 Å². The van der Waals surface area contributed by atoms with E-state index in [0.29, 0.717) is 28.3 Å². The van der Waals surface area contributed by atoms with E-state index in [9.17, 15) is 4.79 Å². The number of nitrogens with one attached hydrogen (secondary N) is 1. The number of hydrogen-bond donors (Lipinski definition) is 2. The van der Waals surface area contributed by atoms with Gasteiger partial charge in [0.1, 0.15) is 11.3 Å². The minimum atomic E-state index is -0.339. The van der Waals surface area contributed by atoms with E-state index in [1.54, 1.807) is 42.5 Å². The van der Waals surface area contributed by atoms with Crippen LogP contribution in [-0.2, 0) is 0 Å². The Balaban J connectivity index is 2.31. The van der Waals surface area contributed by atoms with Crippen LogP contribution < -0.4 is 15.8 Å². The molecule has 0 unspecified atom stereocenters. The standard InChI is InChI=1S/C16H14N2O2/c1-3-11-6-4-7-12(10-11)18-16(19)15-13(17)8-5-9-14(15)20-2/h1,4-10H,17H2,2H3,(H,18,19). The van der Waals surface area contributed by atoms with Crippen molar-refractivity contribution in [2.45, 2.75) is 0 Å². The van der Waals surface area contributed by atoms with Gasteiger partial charge in [-0.2, -0.15) is 0 Å². The van der Waals surface area contributed by atoms with E-state index in [2.05, 4.69) is 11.2 Å². The molecule has 0 spiro atoms. The predicted octanol–water partition coefficient (Wildman–Crippen LogP) is 2.51. The van der Waals surface area contributed by atoms with E-state index >= 15 is 0 Å². The van der Waals surface area contributed by atoms with Crippen LogP contribution in [0.25, 0.3) is 0 Å². The highest BCUT2D eigenvalue weighted by atomic mass is 16.5. The number of ether oxygens (including phenoxy) is 1. The quantitative estimate of drug-likeness (QED) is 0.662. The number of nitrogen functional groups attached to an aromatic ring is 1. The Bertz CT molecular complexity index is 687. The molecule has 0 aliphatic heterocycles. The zero-order valence-electron chi connectivity index (χ0n) is 11.0. The van der Waals surface area contributed by atoms with E-state index in [1.165, 1.54) is 7.11 Å². The zero-order valence-corrected chi connectivity index (χ0v) is 11.0. The first-order chi connectivity index (χ1) is 9.65. The fourth-order valence-electron chi connectivity index (χ4n) is 1.84. The third kappa shape index (κ3) is 2.73. The van der Waals surface area contributed by atoms with Crippen molar-refractivity contribution in [3.05, 3.63) is 53.6 Å². The molecule has 3 N–H and O–H groups in total. The van der Waals surface area contributed by atoms with Gasteiger partial charge >= 0.3 is 0 Å². The number of anilines is 2. The molecular formula is C16H14N2O2. The summed E-state index contributed by atoms with van der Waals surface area (Å²) in [6, 6.07) is 12.1. The topological polar surface area (TPSA) is 64.4 Å². The summed E-state index contributed by atoms with van der Waals surface area (Å²) in [6.07, 6.45) is 5.33. The molecule has 0 saturated heterocycles. The fraction of sp³-hybridized carbons (Fsp3) is 0.0625. The van der Waals surface area contributed by atoms with Crippen LogP contribution in [0.2, 0.25) is 0 Å². The van der Waals surface area contributed by atoms with Gasteiger partial charge in [-0.3, -0.25) is 4.79 Å². The van der Waals surface area contributed by atoms with Crippen molar-refractivity contribution in [3.63, 3.8) is 0 Å². The minimum Gasteiger partial charge on any atom is -0.496 e. The number of benzene rings is 2. The molecule has 100 valence electrons. The number of methoxy groups -OCH3 is 1. The molecule has 0 saturated carbocycles. The summed E-state index contributed by atoms with van der Waals surface area (Å²) in [7, 11) is 1.49. The Hall–Kier alpha value is -2.93. The maximum atomic E-state index is 12.3. The van der Waals surface area contributed by atoms with E-state index in [0.717, 1.165) is 0 Å². The second kappa shape index (κ2) is 5.81. The molecule has 20 heavy (non-hydrogen) atoms. The molecule has 0 aliphatic rings. The zero-order chi connectivity index (χ0) is 14.5. The summed E-state index contributed by atoms with van der Waals surface area (Å²) in [5, 5.41) is 2.75. The number of carbonyl (C=O) groups is 1. The predicted molar refractivity (Wildman–Crippen MR) is 79.7 cm³/mol. The molecular weight excluding hydrogens is 252 g/mol. The van der Waals surface area contributed by atoms with Gasteiger partial charge in [-0.05, 0) is 30.3 Å². The fourth-order valence-corrected chi connectivity index (χ4v) is 1.84. The monoisotopic (exact) mass is 266 g/mol. The van der Waals surface area contributed by atoms with Crippen molar-refractivity contribution in [1.82, 2.24) is 0 Å². The second-order valence-electron chi connectivity index (χ2n) is 4.10. The summed E-state index contributed by atoms with van der Waals surface area (Å²) >= 11 is 0. The first-order valence-electron chi connectivity index (χ1n) is 5.96. The molecule has 4 heteroatoms. The molecule has 2 aromatic carbocycles. The summed E-state index contributed by atoms with van der Waals surface area (Å²) in [4.78, 5) is 12.3. The lowest BCUT2D eigenvalue weighted by atomic mass is 10.1. The molecule has 1 amide bonds. The number of hydrogen-bond acceptors (Lipinski definition) is 3. The molecule has 2 aromatic rings. The van der Waals surface area contributed by atoms with Crippen LogP contribution in [-0.4, -0.2) is 13.0 Å². The van der Waals surface area contributed by atoms with Crippen LogP contribution in [0.5, 0.6) is 5.75 Å². The van der Waals surface area contributed by atoms with Crippen molar-refractivity contribution in [2.24, 2.45) is 0 Å². The Morgan fingerprint density at radius 3 is 2.75 bits per heavy atom. The van der Waals surface area contributed by atoms with Gasteiger partial charge in [0.2, 0.25) is 0 Å². The summed E-state index contributed by atoms with van der Waals surface area (Å²) in [6.45, 7) is 0. The molecule has 0 fully saturated rings. The van der Waals surface area contributed by atoms with Crippen LogP contribution in [0.4, 0.5) is 11.4 Å². The number of nitrogens with two attached hydrogens (primary N) is 1. The van der Waals surface area contributed by atoms with Crippen LogP contribution in [0.1, 0.15) is 15.9 Å². The van der Waals surface area contributed by atoms with Gasteiger partial charge in [-0.1, -0.05) is 18.1 Å². The lowest BCUT2D eigenvalue weighted by Gasteiger charge is -2.11. The van der Waals surface area contributed by atoms with Crippen LogP contribution >= 0.6 is 0 Å². The van der Waals surface area contributed by atoms with Crippen molar-refractivity contribution in [3.8, 4) is 18.1 Å². The van der Waals surface area contributed by atoms with Gasteiger partial charge in [0, 0.05) is 16.9 Å². The SMILES string of the molecule is C#Cc1cccc(NC(=O)c2c(N)cccc2OC)c1. The highest BCUT2D eigenvalue weighted by molar-refractivity contribution is 6.09. The Morgan fingerprint density at radius 2 is 2.05 bits per heavy atom. The average Bonchev–Trinajstić information content (AvgIpc) is 2.46. The molecule has 0 atom stereocenters. The highest BCUT2D eigenvalue weighted by Crippen LogP contribution is 2.25. The maximum Gasteiger partial charge on any atom is 0.261 e. The van der Waals surface area contributed by atoms with E-state index in [1.807, 2.05) is 0 Å². The van der Waals surface area contributed by atoms with E-state index < -0.39 is 0 Å². The molecule has 0 heterocycles. The van der Waals surface area contributed by atoms with Crippen LogP contribution in [0.15, 0.2) is 42.5 Å². The summed E-state index contributed by atoms with van der Waals surface area (Å²) < 4.78 is 5.16. The molecule has 0 bridgehead atoms. The van der Waals surface area contributed by atoms with Gasteiger partial charge in [0.25, 0.3) is 5.91 Å². The summed E-state index contributed by atoms with van der Waals surface area (Å²) in [5.41, 5.74) is 7.80. The Morgan fingerprint density at radius 1 is 1.30 bits per heavy atom. The first kappa shape index (κ1) is 13.5. The van der Waals surface area contributed by atoms with E-state index in [-0.39, 0.29) is 5.91 Å². The Labute approximate surface area is 117 Å². The lowest BCUT2D eigenvalue weighted by molar-refractivity contribution is 0.102. The Kier molecular flexibility index (Phi) is 3.92. The third-order valence-electron chi connectivity index (χ3n) is 2.79. The van der Waals surface area contributed by atoms with Crippen molar-refractivity contribution < 1.29 is 9.53 Å².